The first-order valence-corrected chi connectivity index (χ1v) is 8.18. The minimum Gasteiger partial charge on any atom is -0.308 e. The predicted octanol–water partition coefficient (Wildman–Crippen LogP) is 5.21. The molecular formula is C18H16N2OS. The summed E-state index contributed by atoms with van der Waals surface area (Å²) in [7, 11) is 0. The minimum atomic E-state index is -0.241. The fourth-order valence-electron chi connectivity index (χ4n) is 2.32. The SMILES string of the molecule is CSc1cccc(NC(=O)Nc2cccc3ccccc23)c1. The van der Waals surface area contributed by atoms with Crippen molar-refractivity contribution in [3.8, 4) is 0 Å². The summed E-state index contributed by atoms with van der Waals surface area (Å²) in [5.41, 5.74) is 1.58. The molecule has 0 heterocycles. The molecule has 3 aromatic rings. The highest BCUT2D eigenvalue weighted by molar-refractivity contribution is 7.98. The molecule has 0 radical (unpaired) electrons. The van der Waals surface area contributed by atoms with Crippen molar-refractivity contribution in [1.82, 2.24) is 0 Å². The summed E-state index contributed by atoms with van der Waals surface area (Å²) in [6, 6.07) is 21.4. The van der Waals surface area contributed by atoms with Gasteiger partial charge in [0.1, 0.15) is 0 Å². The van der Waals surface area contributed by atoms with E-state index >= 15 is 0 Å². The van der Waals surface area contributed by atoms with Crippen LogP contribution in [0.1, 0.15) is 0 Å². The largest absolute Gasteiger partial charge is 0.323 e. The maximum Gasteiger partial charge on any atom is 0.323 e. The van der Waals surface area contributed by atoms with Crippen molar-refractivity contribution in [3.05, 3.63) is 66.7 Å². The van der Waals surface area contributed by atoms with E-state index in [2.05, 4.69) is 10.6 Å². The van der Waals surface area contributed by atoms with Crippen LogP contribution in [-0.2, 0) is 0 Å². The van der Waals surface area contributed by atoms with Crippen LogP contribution in [0, 0.1) is 0 Å². The van der Waals surface area contributed by atoms with Crippen molar-refractivity contribution in [1.29, 1.82) is 0 Å². The van der Waals surface area contributed by atoms with Crippen molar-refractivity contribution < 1.29 is 4.79 Å². The average Bonchev–Trinajstić information content (AvgIpc) is 2.55. The van der Waals surface area contributed by atoms with Gasteiger partial charge in [-0.2, -0.15) is 0 Å². The van der Waals surface area contributed by atoms with Crippen LogP contribution in [0.25, 0.3) is 10.8 Å². The first-order valence-electron chi connectivity index (χ1n) is 6.96. The molecule has 3 nitrogen and oxygen atoms in total. The van der Waals surface area contributed by atoms with Crippen LogP contribution >= 0.6 is 11.8 Å². The van der Waals surface area contributed by atoms with E-state index in [-0.39, 0.29) is 6.03 Å². The lowest BCUT2D eigenvalue weighted by atomic mass is 10.1. The Hall–Kier alpha value is -2.46. The standard InChI is InChI=1S/C18H16N2OS/c1-22-15-9-5-8-14(12-15)19-18(21)20-17-11-4-7-13-6-2-3-10-16(13)17/h2-12H,1H3,(H2,19,20,21). The topological polar surface area (TPSA) is 41.1 Å². The number of hydrogen-bond acceptors (Lipinski definition) is 2. The van der Waals surface area contributed by atoms with Crippen molar-refractivity contribution in [2.45, 2.75) is 4.90 Å². The van der Waals surface area contributed by atoms with Crippen LogP contribution in [0.5, 0.6) is 0 Å². The smallest absolute Gasteiger partial charge is 0.308 e. The molecule has 0 spiro atoms. The van der Waals surface area contributed by atoms with E-state index in [1.165, 1.54) is 0 Å². The molecule has 3 aromatic carbocycles. The quantitative estimate of drug-likeness (QED) is 0.652. The number of carbonyl (C=O) groups excluding carboxylic acids is 1. The van der Waals surface area contributed by atoms with Gasteiger partial charge in [-0.3, -0.25) is 0 Å². The Morgan fingerprint density at radius 2 is 1.68 bits per heavy atom. The maximum atomic E-state index is 12.2. The molecule has 0 aromatic heterocycles. The van der Waals surface area contributed by atoms with Crippen LogP contribution in [0.15, 0.2) is 71.6 Å². The summed E-state index contributed by atoms with van der Waals surface area (Å²) in [6.45, 7) is 0. The molecule has 110 valence electrons. The first-order chi connectivity index (χ1) is 10.8. The Labute approximate surface area is 133 Å². The normalized spacial score (nSPS) is 10.4. The lowest BCUT2D eigenvalue weighted by Gasteiger charge is -2.10. The zero-order valence-corrected chi connectivity index (χ0v) is 13.0. The third-order valence-corrected chi connectivity index (χ3v) is 4.09. The summed E-state index contributed by atoms with van der Waals surface area (Å²) < 4.78 is 0. The molecule has 2 N–H and O–H groups in total. The second kappa shape index (κ2) is 6.54. The molecule has 0 saturated carbocycles. The molecule has 0 aliphatic heterocycles. The van der Waals surface area contributed by atoms with Crippen LogP contribution < -0.4 is 10.6 Å². The van der Waals surface area contributed by atoms with Gasteiger partial charge < -0.3 is 10.6 Å². The zero-order chi connectivity index (χ0) is 15.4. The maximum absolute atomic E-state index is 12.2. The van der Waals surface area contributed by atoms with Crippen molar-refractivity contribution in [2.24, 2.45) is 0 Å². The van der Waals surface area contributed by atoms with Crippen molar-refractivity contribution in [2.75, 3.05) is 16.9 Å². The van der Waals surface area contributed by atoms with Gasteiger partial charge in [-0.05, 0) is 35.9 Å². The molecule has 4 heteroatoms. The van der Waals surface area contributed by atoms with Gasteiger partial charge in [-0.25, -0.2) is 4.79 Å². The van der Waals surface area contributed by atoms with Gasteiger partial charge in [0.15, 0.2) is 0 Å². The predicted molar refractivity (Wildman–Crippen MR) is 94.8 cm³/mol. The van der Waals surface area contributed by atoms with Gasteiger partial charge in [0.2, 0.25) is 0 Å². The third-order valence-electron chi connectivity index (χ3n) is 3.37. The minimum absolute atomic E-state index is 0.241. The van der Waals surface area contributed by atoms with E-state index in [0.717, 1.165) is 27.0 Å². The van der Waals surface area contributed by atoms with Crippen LogP contribution in [0.3, 0.4) is 0 Å². The number of hydrogen-bond donors (Lipinski definition) is 2. The van der Waals surface area contributed by atoms with E-state index in [1.807, 2.05) is 73.0 Å². The molecule has 0 saturated heterocycles. The number of nitrogens with one attached hydrogen (secondary N) is 2. The highest BCUT2D eigenvalue weighted by Crippen LogP contribution is 2.23. The Morgan fingerprint density at radius 1 is 0.909 bits per heavy atom. The van der Waals surface area contributed by atoms with Crippen molar-refractivity contribution in [3.63, 3.8) is 0 Å². The van der Waals surface area contributed by atoms with E-state index in [9.17, 15) is 4.79 Å². The number of thioether (sulfide) groups is 1. The van der Waals surface area contributed by atoms with Crippen LogP contribution in [0.4, 0.5) is 16.2 Å². The Bertz CT molecular complexity index is 812. The number of amides is 2. The lowest BCUT2D eigenvalue weighted by Crippen LogP contribution is -2.19. The first kappa shape index (κ1) is 14.5. The fourth-order valence-corrected chi connectivity index (χ4v) is 2.78. The highest BCUT2D eigenvalue weighted by atomic mass is 32.2. The highest BCUT2D eigenvalue weighted by Gasteiger charge is 2.06. The molecule has 0 aliphatic carbocycles. The van der Waals surface area contributed by atoms with Gasteiger partial charge in [-0.15, -0.1) is 11.8 Å². The van der Waals surface area contributed by atoms with Crippen molar-refractivity contribution >= 4 is 39.9 Å². The van der Waals surface area contributed by atoms with E-state index in [0.29, 0.717) is 0 Å². The molecule has 0 fully saturated rings. The van der Waals surface area contributed by atoms with Gasteiger partial charge >= 0.3 is 6.03 Å². The average molecular weight is 308 g/mol. The summed E-state index contributed by atoms with van der Waals surface area (Å²) in [4.78, 5) is 13.3. The Morgan fingerprint density at radius 3 is 2.55 bits per heavy atom. The number of anilines is 2. The summed E-state index contributed by atoms with van der Waals surface area (Å²) >= 11 is 1.64. The van der Waals surface area contributed by atoms with E-state index < -0.39 is 0 Å². The number of fused-ring (bicyclic) bond motifs is 1. The van der Waals surface area contributed by atoms with Gasteiger partial charge in [-0.1, -0.05) is 42.5 Å². The number of carbonyl (C=O) groups is 1. The molecule has 0 bridgehead atoms. The third kappa shape index (κ3) is 3.23. The number of benzene rings is 3. The molecule has 0 aliphatic rings. The fraction of sp³-hybridized carbons (Fsp3) is 0.0556. The van der Waals surface area contributed by atoms with E-state index in [4.69, 9.17) is 0 Å². The molecular weight excluding hydrogens is 292 g/mol. The molecule has 0 unspecified atom stereocenters. The molecule has 0 atom stereocenters. The second-order valence-corrected chi connectivity index (χ2v) is 5.72. The van der Waals surface area contributed by atoms with E-state index in [1.54, 1.807) is 11.8 Å². The number of rotatable bonds is 3. The van der Waals surface area contributed by atoms with Crippen LogP contribution in [-0.4, -0.2) is 12.3 Å². The number of urea groups is 1. The zero-order valence-electron chi connectivity index (χ0n) is 12.2. The Balaban J connectivity index is 1.78. The van der Waals surface area contributed by atoms with Gasteiger partial charge in [0.25, 0.3) is 0 Å². The second-order valence-electron chi connectivity index (χ2n) is 4.84. The summed E-state index contributed by atoms with van der Waals surface area (Å²) in [5, 5.41) is 7.91. The molecule has 22 heavy (non-hydrogen) atoms. The van der Waals surface area contributed by atoms with Gasteiger partial charge in [0.05, 0.1) is 5.69 Å². The Kier molecular flexibility index (Phi) is 4.30. The molecule has 3 rings (SSSR count). The monoisotopic (exact) mass is 308 g/mol. The summed E-state index contributed by atoms with van der Waals surface area (Å²) in [6.07, 6.45) is 2.01. The van der Waals surface area contributed by atoms with Gasteiger partial charge in [0, 0.05) is 16.0 Å². The summed E-state index contributed by atoms with van der Waals surface area (Å²) in [5.74, 6) is 0. The van der Waals surface area contributed by atoms with Crippen LogP contribution in [0.2, 0.25) is 0 Å². The lowest BCUT2D eigenvalue weighted by molar-refractivity contribution is 0.262. The molecule has 2 amide bonds.